The average molecular weight is 250 g/mol. The molecule has 0 spiro atoms. The van der Waals surface area contributed by atoms with Crippen molar-refractivity contribution in [3.8, 4) is 0 Å². The molecular formula is C15H22O3. The molecule has 0 bridgehead atoms. The molecule has 1 aromatic rings. The molecule has 1 heterocycles. The summed E-state index contributed by atoms with van der Waals surface area (Å²) in [5, 5.41) is 9.10. The highest BCUT2D eigenvalue weighted by molar-refractivity contribution is 5.91. The van der Waals surface area contributed by atoms with Gasteiger partial charge in [-0.05, 0) is 31.1 Å². The molecular weight excluding hydrogens is 228 g/mol. The van der Waals surface area contributed by atoms with E-state index in [1.54, 1.807) is 24.5 Å². The number of hydrogen-bond donors (Lipinski definition) is 1. The van der Waals surface area contributed by atoms with Crippen LogP contribution in [0, 0.1) is 0 Å². The van der Waals surface area contributed by atoms with Crippen LogP contribution >= 0.6 is 0 Å². The van der Waals surface area contributed by atoms with Gasteiger partial charge in [-0.3, -0.25) is 0 Å². The predicted octanol–water partition coefficient (Wildman–Crippen LogP) is 4.50. The van der Waals surface area contributed by atoms with Crippen molar-refractivity contribution in [3.05, 3.63) is 29.7 Å². The van der Waals surface area contributed by atoms with Crippen molar-refractivity contribution in [2.75, 3.05) is 0 Å². The standard InChI is InChI=1S/C15H22O3/c1-2-3-4-5-6-7-9-13(15(16)17)12-14-10-8-11-18-14/h8,10-12H,2-7,9H2,1H3,(H,16,17). The molecule has 3 heteroatoms. The second-order valence-electron chi connectivity index (χ2n) is 4.51. The lowest BCUT2D eigenvalue weighted by Gasteiger charge is -2.02. The molecule has 0 aliphatic heterocycles. The minimum absolute atomic E-state index is 0.431. The van der Waals surface area contributed by atoms with Gasteiger partial charge in [0.15, 0.2) is 0 Å². The number of carboxylic acid groups (broad SMARTS) is 1. The highest BCUT2D eigenvalue weighted by Gasteiger charge is 2.07. The van der Waals surface area contributed by atoms with Gasteiger partial charge in [0.05, 0.1) is 6.26 Å². The van der Waals surface area contributed by atoms with E-state index in [1.807, 2.05) is 0 Å². The summed E-state index contributed by atoms with van der Waals surface area (Å²) in [6.45, 7) is 2.19. The third kappa shape index (κ3) is 5.71. The number of aliphatic carboxylic acids is 1. The third-order valence-corrected chi connectivity index (χ3v) is 2.93. The number of carbonyl (C=O) groups is 1. The number of carboxylic acids is 1. The molecule has 0 unspecified atom stereocenters. The van der Waals surface area contributed by atoms with Crippen molar-refractivity contribution in [2.24, 2.45) is 0 Å². The number of hydrogen-bond acceptors (Lipinski definition) is 2. The lowest BCUT2D eigenvalue weighted by molar-refractivity contribution is -0.132. The summed E-state index contributed by atoms with van der Waals surface area (Å²) in [5.74, 6) is -0.238. The van der Waals surface area contributed by atoms with Gasteiger partial charge >= 0.3 is 5.97 Å². The molecule has 100 valence electrons. The number of furan rings is 1. The van der Waals surface area contributed by atoms with Crippen molar-refractivity contribution < 1.29 is 14.3 Å². The van der Waals surface area contributed by atoms with Crippen molar-refractivity contribution in [1.29, 1.82) is 0 Å². The summed E-state index contributed by atoms with van der Waals surface area (Å²) in [7, 11) is 0. The molecule has 1 aromatic heterocycles. The van der Waals surface area contributed by atoms with Crippen molar-refractivity contribution in [2.45, 2.75) is 51.9 Å². The zero-order valence-electron chi connectivity index (χ0n) is 11.0. The lowest BCUT2D eigenvalue weighted by Crippen LogP contribution is -2.00. The Bertz CT molecular complexity index is 363. The fourth-order valence-corrected chi connectivity index (χ4v) is 1.88. The van der Waals surface area contributed by atoms with Gasteiger partial charge in [0.25, 0.3) is 0 Å². The highest BCUT2D eigenvalue weighted by atomic mass is 16.4. The van der Waals surface area contributed by atoms with Crippen LogP contribution in [-0.2, 0) is 4.79 Å². The molecule has 0 saturated heterocycles. The van der Waals surface area contributed by atoms with E-state index in [0.717, 1.165) is 12.8 Å². The Morgan fingerprint density at radius 1 is 1.28 bits per heavy atom. The minimum Gasteiger partial charge on any atom is -0.478 e. The summed E-state index contributed by atoms with van der Waals surface area (Å²) in [5.41, 5.74) is 0.431. The quantitative estimate of drug-likeness (QED) is 0.518. The minimum atomic E-state index is -0.847. The maximum atomic E-state index is 11.1. The lowest BCUT2D eigenvalue weighted by atomic mass is 10.0. The second kappa shape index (κ2) is 8.56. The fraction of sp³-hybridized carbons (Fsp3) is 0.533. The third-order valence-electron chi connectivity index (χ3n) is 2.93. The molecule has 0 aliphatic carbocycles. The van der Waals surface area contributed by atoms with Gasteiger partial charge in [-0.2, -0.15) is 0 Å². The number of rotatable bonds is 9. The van der Waals surface area contributed by atoms with Crippen molar-refractivity contribution in [1.82, 2.24) is 0 Å². The van der Waals surface area contributed by atoms with Crippen LogP contribution in [0.4, 0.5) is 0 Å². The van der Waals surface area contributed by atoms with Crippen molar-refractivity contribution in [3.63, 3.8) is 0 Å². The van der Waals surface area contributed by atoms with E-state index in [4.69, 9.17) is 9.52 Å². The number of unbranched alkanes of at least 4 members (excludes halogenated alkanes) is 5. The van der Waals surface area contributed by atoms with E-state index >= 15 is 0 Å². The zero-order valence-corrected chi connectivity index (χ0v) is 11.0. The second-order valence-corrected chi connectivity index (χ2v) is 4.51. The maximum absolute atomic E-state index is 11.1. The molecule has 0 aliphatic rings. The van der Waals surface area contributed by atoms with Gasteiger partial charge < -0.3 is 9.52 Å². The first kappa shape index (κ1) is 14.6. The summed E-state index contributed by atoms with van der Waals surface area (Å²) < 4.78 is 5.13. The normalized spacial score (nSPS) is 11.7. The Morgan fingerprint density at radius 3 is 2.61 bits per heavy atom. The van der Waals surface area contributed by atoms with Gasteiger partial charge in [0, 0.05) is 5.57 Å². The SMILES string of the molecule is CCCCCCCCC(=Cc1ccco1)C(=O)O. The van der Waals surface area contributed by atoms with Gasteiger partial charge in [-0.1, -0.05) is 39.0 Å². The van der Waals surface area contributed by atoms with Crippen LogP contribution < -0.4 is 0 Å². The predicted molar refractivity (Wildman–Crippen MR) is 72.3 cm³/mol. The van der Waals surface area contributed by atoms with E-state index in [-0.39, 0.29) is 0 Å². The van der Waals surface area contributed by atoms with E-state index < -0.39 is 5.97 Å². The van der Waals surface area contributed by atoms with Gasteiger partial charge in [-0.25, -0.2) is 4.79 Å². The Kier molecular flexibility index (Phi) is 6.92. The van der Waals surface area contributed by atoms with Crippen LogP contribution in [-0.4, -0.2) is 11.1 Å². The van der Waals surface area contributed by atoms with E-state index in [1.165, 1.54) is 25.7 Å². The molecule has 0 amide bonds. The Morgan fingerprint density at radius 2 is 2.00 bits per heavy atom. The van der Waals surface area contributed by atoms with Gasteiger partial charge in [0.2, 0.25) is 0 Å². The highest BCUT2D eigenvalue weighted by Crippen LogP contribution is 2.15. The summed E-state index contributed by atoms with van der Waals surface area (Å²) >= 11 is 0. The first-order valence-corrected chi connectivity index (χ1v) is 6.71. The van der Waals surface area contributed by atoms with Gasteiger partial charge in [-0.15, -0.1) is 0 Å². The summed E-state index contributed by atoms with van der Waals surface area (Å²) in [6, 6.07) is 3.53. The first-order valence-electron chi connectivity index (χ1n) is 6.71. The largest absolute Gasteiger partial charge is 0.478 e. The molecule has 1 N–H and O–H groups in total. The maximum Gasteiger partial charge on any atom is 0.331 e. The van der Waals surface area contributed by atoms with Crippen LogP contribution in [0.1, 0.15) is 57.6 Å². The fourth-order valence-electron chi connectivity index (χ4n) is 1.88. The zero-order chi connectivity index (χ0) is 13.2. The molecule has 3 nitrogen and oxygen atoms in total. The van der Waals surface area contributed by atoms with Crippen LogP contribution in [0.15, 0.2) is 28.4 Å². The summed E-state index contributed by atoms with van der Waals surface area (Å²) in [4.78, 5) is 11.1. The molecule has 0 saturated carbocycles. The first-order chi connectivity index (χ1) is 8.74. The monoisotopic (exact) mass is 250 g/mol. The average Bonchev–Trinajstić information content (AvgIpc) is 2.84. The molecule has 0 aromatic carbocycles. The van der Waals surface area contributed by atoms with Gasteiger partial charge in [0.1, 0.15) is 5.76 Å². The van der Waals surface area contributed by atoms with E-state index in [2.05, 4.69) is 6.92 Å². The topological polar surface area (TPSA) is 50.4 Å². The van der Waals surface area contributed by atoms with Crippen LogP contribution in [0.25, 0.3) is 6.08 Å². The van der Waals surface area contributed by atoms with E-state index in [0.29, 0.717) is 17.8 Å². The van der Waals surface area contributed by atoms with Crippen molar-refractivity contribution >= 4 is 12.0 Å². The molecule has 18 heavy (non-hydrogen) atoms. The Balaban J connectivity index is 2.33. The molecule has 1 rings (SSSR count). The smallest absolute Gasteiger partial charge is 0.331 e. The molecule has 0 atom stereocenters. The molecule has 0 radical (unpaired) electrons. The van der Waals surface area contributed by atoms with E-state index in [9.17, 15) is 4.79 Å². The molecule has 0 fully saturated rings. The van der Waals surface area contributed by atoms with Crippen LogP contribution in [0.2, 0.25) is 0 Å². The Hall–Kier alpha value is -1.51. The van der Waals surface area contributed by atoms with Crippen LogP contribution in [0.5, 0.6) is 0 Å². The van der Waals surface area contributed by atoms with Crippen LogP contribution in [0.3, 0.4) is 0 Å². The summed E-state index contributed by atoms with van der Waals surface area (Å²) in [6.07, 6.45) is 10.8. The Labute approximate surface area is 109 Å².